The van der Waals surface area contributed by atoms with E-state index in [1.54, 1.807) is 17.6 Å². The number of nitrogens with one attached hydrogen (secondary N) is 1. The third-order valence-corrected chi connectivity index (χ3v) is 2.62. The summed E-state index contributed by atoms with van der Waals surface area (Å²) in [6, 6.07) is 6.27. The average molecular weight is 234 g/mol. The fraction of sp³-hybridized carbons (Fsp3) is 0.100. The first-order valence-corrected chi connectivity index (χ1v) is 5.36. The summed E-state index contributed by atoms with van der Waals surface area (Å²) < 4.78 is 13.4. The van der Waals surface area contributed by atoms with Gasteiger partial charge in [-0.3, -0.25) is 0 Å². The van der Waals surface area contributed by atoms with Crippen LogP contribution in [0.15, 0.2) is 23.7 Å². The summed E-state index contributed by atoms with van der Waals surface area (Å²) in [5.41, 5.74) is 2.41. The van der Waals surface area contributed by atoms with E-state index in [0.717, 1.165) is 0 Å². The van der Waals surface area contributed by atoms with Crippen molar-refractivity contribution in [1.29, 1.82) is 5.26 Å². The van der Waals surface area contributed by atoms with E-state index in [0.29, 0.717) is 22.8 Å². The van der Waals surface area contributed by atoms with Crippen LogP contribution in [0.2, 0.25) is 0 Å². The lowest BCUT2D eigenvalue weighted by atomic mass is 10.1. The number of nitrogens with zero attached hydrogens (tertiary/aromatic N) is 3. The fourth-order valence-electron chi connectivity index (χ4n) is 1.18. The molecule has 1 aromatic carbocycles. The Kier molecular flexibility index (Phi) is 3.08. The van der Waals surface area contributed by atoms with Gasteiger partial charge in [-0.25, -0.2) is 4.39 Å². The number of aromatic nitrogens is 2. The number of benzene rings is 1. The number of hydrogen-bond donors (Lipinski definition) is 1. The maximum atomic E-state index is 13.4. The molecule has 0 saturated heterocycles. The Balaban J connectivity index is 2.08. The molecule has 0 spiro atoms. The molecule has 80 valence electrons. The van der Waals surface area contributed by atoms with Gasteiger partial charge in [0.05, 0.1) is 11.6 Å². The second kappa shape index (κ2) is 4.68. The molecule has 1 N–H and O–H groups in total. The van der Waals surface area contributed by atoms with Crippen molar-refractivity contribution in [2.75, 3.05) is 5.32 Å². The molecule has 0 bridgehead atoms. The molecule has 0 aliphatic heterocycles. The smallest absolute Gasteiger partial charge is 0.205 e. The van der Waals surface area contributed by atoms with E-state index in [1.807, 2.05) is 6.07 Å². The van der Waals surface area contributed by atoms with E-state index in [1.165, 1.54) is 17.4 Å². The van der Waals surface area contributed by atoms with Crippen molar-refractivity contribution in [3.8, 4) is 6.07 Å². The minimum atomic E-state index is -0.393. The summed E-state index contributed by atoms with van der Waals surface area (Å²) in [6.07, 6.45) is 0. The van der Waals surface area contributed by atoms with Crippen LogP contribution in [-0.2, 0) is 6.54 Å². The molecule has 0 aliphatic rings. The van der Waals surface area contributed by atoms with Crippen LogP contribution in [0.4, 0.5) is 9.52 Å². The lowest BCUT2D eigenvalue weighted by molar-refractivity contribution is 0.612. The summed E-state index contributed by atoms with van der Waals surface area (Å²) in [5, 5.41) is 19.6. The molecule has 0 saturated carbocycles. The second-order valence-electron chi connectivity index (χ2n) is 3.02. The third-order valence-electron chi connectivity index (χ3n) is 1.97. The lowest BCUT2D eigenvalue weighted by Crippen LogP contribution is -2.01. The summed E-state index contributed by atoms with van der Waals surface area (Å²) in [4.78, 5) is 0. The van der Waals surface area contributed by atoms with Crippen LogP contribution in [0, 0.1) is 17.1 Å². The first-order valence-electron chi connectivity index (χ1n) is 4.48. The first-order chi connectivity index (χ1) is 7.79. The zero-order valence-electron chi connectivity index (χ0n) is 8.14. The molecule has 2 aromatic rings. The van der Waals surface area contributed by atoms with Crippen LogP contribution >= 0.6 is 11.3 Å². The summed E-state index contributed by atoms with van der Waals surface area (Å²) in [5.74, 6) is -0.393. The van der Waals surface area contributed by atoms with E-state index in [9.17, 15) is 4.39 Å². The van der Waals surface area contributed by atoms with Crippen molar-refractivity contribution in [3.63, 3.8) is 0 Å². The Morgan fingerprint density at radius 2 is 2.38 bits per heavy atom. The maximum Gasteiger partial charge on any atom is 0.205 e. The number of nitriles is 1. The van der Waals surface area contributed by atoms with Crippen LogP contribution in [0.25, 0.3) is 0 Å². The molecule has 4 nitrogen and oxygen atoms in total. The van der Waals surface area contributed by atoms with Gasteiger partial charge in [0.1, 0.15) is 11.3 Å². The zero-order chi connectivity index (χ0) is 11.4. The Morgan fingerprint density at radius 3 is 3.00 bits per heavy atom. The fourth-order valence-corrected chi connectivity index (χ4v) is 1.63. The Morgan fingerprint density at radius 1 is 1.50 bits per heavy atom. The molecular formula is C10H7FN4S. The molecule has 16 heavy (non-hydrogen) atoms. The third kappa shape index (κ3) is 2.32. The Bertz CT molecular complexity index is 518. The number of anilines is 1. The molecule has 0 atom stereocenters. The number of halogens is 1. The molecular weight excluding hydrogens is 227 g/mol. The minimum Gasteiger partial charge on any atom is -0.356 e. The van der Waals surface area contributed by atoms with Gasteiger partial charge in [0.25, 0.3) is 0 Å². The molecule has 6 heteroatoms. The molecule has 2 rings (SSSR count). The highest BCUT2D eigenvalue weighted by Crippen LogP contribution is 2.13. The van der Waals surface area contributed by atoms with Crippen molar-refractivity contribution < 1.29 is 4.39 Å². The molecule has 0 amide bonds. The highest BCUT2D eigenvalue weighted by Gasteiger charge is 2.04. The van der Waals surface area contributed by atoms with Gasteiger partial charge in [-0.05, 0) is 12.1 Å². The van der Waals surface area contributed by atoms with Crippen molar-refractivity contribution in [1.82, 2.24) is 10.2 Å². The van der Waals surface area contributed by atoms with Gasteiger partial charge in [-0.2, -0.15) is 5.26 Å². The molecule has 1 aromatic heterocycles. The standard InChI is InChI=1S/C10H7FN4S/c11-9-3-7(4-12)1-2-8(9)5-13-10-15-14-6-16-10/h1-3,6H,5H2,(H,13,15). The van der Waals surface area contributed by atoms with E-state index < -0.39 is 5.82 Å². The largest absolute Gasteiger partial charge is 0.356 e. The van der Waals surface area contributed by atoms with E-state index in [4.69, 9.17) is 5.26 Å². The van der Waals surface area contributed by atoms with Crippen LogP contribution in [0.5, 0.6) is 0 Å². The number of rotatable bonds is 3. The predicted molar refractivity (Wildman–Crippen MR) is 58.4 cm³/mol. The van der Waals surface area contributed by atoms with Gasteiger partial charge >= 0.3 is 0 Å². The monoisotopic (exact) mass is 234 g/mol. The minimum absolute atomic E-state index is 0.317. The van der Waals surface area contributed by atoms with Crippen molar-refractivity contribution in [2.24, 2.45) is 0 Å². The molecule has 0 radical (unpaired) electrons. The Labute approximate surface area is 95.4 Å². The van der Waals surface area contributed by atoms with Gasteiger partial charge < -0.3 is 5.32 Å². The van der Waals surface area contributed by atoms with Crippen molar-refractivity contribution >= 4 is 16.5 Å². The van der Waals surface area contributed by atoms with E-state index >= 15 is 0 Å². The maximum absolute atomic E-state index is 13.4. The van der Waals surface area contributed by atoms with Gasteiger partial charge in [-0.1, -0.05) is 17.4 Å². The van der Waals surface area contributed by atoms with Crippen LogP contribution in [-0.4, -0.2) is 10.2 Å². The van der Waals surface area contributed by atoms with Gasteiger partial charge in [-0.15, -0.1) is 10.2 Å². The van der Waals surface area contributed by atoms with Gasteiger partial charge in [0.15, 0.2) is 0 Å². The SMILES string of the molecule is N#Cc1ccc(CNc2nncs2)c(F)c1. The summed E-state index contributed by atoms with van der Waals surface area (Å²) in [7, 11) is 0. The van der Waals surface area contributed by atoms with E-state index in [2.05, 4.69) is 15.5 Å². The van der Waals surface area contributed by atoms with Gasteiger partial charge in [0, 0.05) is 12.1 Å². The predicted octanol–water partition coefficient (Wildman–Crippen LogP) is 2.16. The molecule has 1 heterocycles. The lowest BCUT2D eigenvalue weighted by Gasteiger charge is -2.03. The quantitative estimate of drug-likeness (QED) is 0.884. The van der Waals surface area contributed by atoms with Crippen LogP contribution in [0.1, 0.15) is 11.1 Å². The number of hydrogen-bond acceptors (Lipinski definition) is 5. The topological polar surface area (TPSA) is 61.6 Å². The molecule has 0 unspecified atom stereocenters. The summed E-state index contributed by atoms with van der Waals surface area (Å²) in [6.45, 7) is 0.326. The van der Waals surface area contributed by atoms with Crippen molar-refractivity contribution in [2.45, 2.75) is 6.54 Å². The van der Waals surface area contributed by atoms with Gasteiger partial charge in [0.2, 0.25) is 5.13 Å². The highest BCUT2D eigenvalue weighted by molar-refractivity contribution is 7.13. The van der Waals surface area contributed by atoms with Crippen LogP contribution < -0.4 is 5.32 Å². The normalized spacial score (nSPS) is 9.75. The van der Waals surface area contributed by atoms with E-state index in [-0.39, 0.29) is 0 Å². The highest BCUT2D eigenvalue weighted by atomic mass is 32.1. The Hall–Kier alpha value is -2.00. The first kappa shape index (κ1) is 10.5. The zero-order valence-corrected chi connectivity index (χ0v) is 8.96. The molecule has 0 fully saturated rings. The average Bonchev–Trinajstić information content (AvgIpc) is 2.80. The summed E-state index contributed by atoms with van der Waals surface area (Å²) >= 11 is 1.35. The second-order valence-corrected chi connectivity index (χ2v) is 3.85. The van der Waals surface area contributed by atoms with Crippen molar-refractivity contribution in [3.05, 3.63) is 40.7 Å². The van der Waals surface area contributed by atoms with Crippen LogP contribution in [0.3, 0.4) is 0 Å². The molecule has 0 aliphatic carbocycles.